The Hall–Kier alpha value is -3.33. The molecule has 204 valence electrons. The number of carbonyl (C=O) groups excluding carboxylic acids is 2. The third-order valence-corrected chi connectivity index (χ3v) is 8.00. The molecule has 9 heteroatoms. The number of rotatable bonds is 11. The molecule has 1 aliphatic rings. The van der Waals surface area contributed by atoms with Gasteiger partial charge in [-0.1, -0.05) is 25.3 Å². The molecule has 0 aliphatic heterocycles. The van der Waals surface area contributed by atoms with E-state index in [0.717, 1.165) is 17.0 Å². The molecule has 0 bridgehead atoms. The van der Waals surface area contributed by atoms with Gasteiger partial charge in [0.1, 0.15) is 0 Å². The van der Waals surface area contributed by atoms with Crippen molar-refractivity contribution >= 4 is 23.2 Å². The zero-order valence-corrected chi connectivity index (χ0v) is 23.5. The van der Waals surface area contributed by atoms with E-state index in [0.29, 0.717) is 59.8 Å². The summed E-state index contributed by atoms with van der Waals surface area (Å²) >= 11 is 1.25. The van der Waals surface area contributed by atoms with Gasteiger partial charge in [-0.2, -0.15) is 0 Å². The van der Waals surface area contributed by atoms with Gasteiger partial charge in [-0.15, -0.1) is 11.3 Å². The number of hydrogen-bond acceptors (Lipinski definition) is 7. The molecule has 1 N–H and O–H groups in total. The van der Waals surface area contributed by atoms with Gasteiger partial charge >= 0.3 is 5.97 Å². The van der Waals surface area contributed by atoms with Crippen LogP contribution in [0.15, 0.2) is 29.6 Å². The second-order valence-corrected chi connectivity index (χ2v) is 10.5. The van der Waals surface area contributed by atoms with Crippen LogP contribution in [0, 0.1) is 12.8 Å². The maximum atomic E-state index is 13.3. The lowest BCUT2D eigenvalue weighted by atomic mass is 9.89. The number of esters is 1. The van der Waals surface area contributed by atoms with Gasteiger partial charge in [0.25, 0.3) is 5.91 Å². The molecule has 3 aromatic rings. The number of nitrogens with zero attached hydrogens (tertiary/aromatic N) is 2. The maximum absolute atomic E-state index is 13.3. The van der Waals surface area contributed by atoms with E-state index in [4.69, 9.17) is 14.2 Å². The van der Waals surface area contributed by atoms with E-state index in [1.807, 2.05) is 36.6 Å². The van der Waals surface area contributed by atoms with Crippen LogP contribution in [0.2, 0.25) is 0 Å². The second kappa shape index (κ2) is 13.0. The van der Waals surface area contributed by atoms with E-state index in [1.165, 1.54) is 43.4 Å². The van der Waals surface area contributed by atoms with Crippen molar-refractivity contribution in [3.8, 4) is 22.9 Å². The van der Waals surface area contributed by atoms with Crippen LogP contribution in [0.4, 0.5) is 0 Å². The number of aryl methyl sites for hydroxylation is 1. The number of benzene rings is 1. The Labute approximate surface area is 228 Å². The highest BCUT2D eigenvalue weighted by Crippen LogP contribution is 2.31. The fourth-order valence-electron chi connectivity index (χ4n) is 5.05. The van der Waals surface area contributed by atoms with Gasteiger partial charge in [0.15, 0.2) is 11.5 Å². The Kier molecular flexibility index (Phi) is 9.44. The molecular weight excluding hydrogens is 502 g/mol. The summed E-state index contributed by atoms with van der Waals surface area (Å²) in [5, 5.41) is 5.31. The van der Waals surface area contributed by atoms with Crippen LogP contribution in [0.3, 0.4) is 0 Å². The number of nitrogens with one attached hydrogen (secondary N) is 1. The molecule has 2 aromatic heterocycles. The van der Waals surface area contributed by atoms with Crippen molar-refractivity contribution in [3.05, 3.63) is 51.5 Å². The predicted molar refractivity (Wildman–Crippen MR) is 148 cm³/mol. The lowest BCUT2D eigenvalue weighted by molar-refractivity contribution is 0.0526. The van der Waals surface area contributed by atoms with Crippen LogP contribution in [0.25, 0.3) is 11.4 Å². The van der Waals surface area contributed by atoms with Gasteiger partial charge in [-0.3, -0.25) is 4.79 Å². The quantitative estimate of drug-likeness (QED) is 0.316. The van der Waals surface area contributed by atoms with Crippen molar-refractivity contribution in [1.29, 1.82) is 0 Å². The maximum Gasteiger partial charge on any atom is 0.367 e. The van der Waals surface area contributed by atoms with Crippen LogP contribution >= 0.6 is 11.3 Å². The minimum Gasteiger partial charge on any atom is -0.493 e. The minimum atomic E-state index is -0.436. The van der Waals surface area contributed by atoms with Crippen molar-refractivity contribution < 1.29 is 23.8 Å². The summed E-state index contributed by atoms with van der Waals surface area (Å²) in [7, 11) is 3.24. The third-order valence-electron chi connectivity index (χ3n) is 7.18. The van der Waals surface area contributed by atoms with Gasteiger partial charge in [-0.25, -0.2) is 9.78 Å². The fourth-order valence-corrected chi connectivity index (χ4v) is 5.76. The van der Waals surface area contributed by atoms with E-state index in [9.17, 15) is 9.59 Å². The number of carbonyl (C=O) groups is 2. The second-order valence-electron chi connectivity index (χ2n) is 9.59. The number of aromatic nitrogens is 2. The van der Waals surface area contributed by atoms with Gasteiger partial charge in [0.2, 0.25) is 5.01 Å². The lowest BCUT2D eigenvalue weighted by Gasteiger charge is -2.21. The topological polar surface area (TPSA) is 91.7 Å². The van der Waals surface area contributed by atoms with Crippen LogP contribution in [-0.4, -0.2) is 48.8 Å². The first kappa shape index (κ1) is 27.7. The molecule has 1 aliphatic carbocycles. The molecule has 8 nitrogen and oxygen atoms in total. The van der Waals surface area contributed by atoms with Gasteiger partial charge < -0.3 is 24.1 Å². The summed E-state index contributed by atoms with van der Waals surface area (Å²) in [5.74, 6) is 1.40. The number of ether oxygens (including phenoxy) is 3. The summed E-state index contributed by atoms with van der Waals surface area (Å²) < 4.78 is 18.1. The molecular formula is C29H37N3O5S. The number of hydrogen-bond donors (Lipinski definition) is 1. The number of methoxy groups -OCH3 is 2. The van der Waals surface area contributed by atoms with E-state index < -0.39 is 5.97 Å². The lowest BCUT2D eigenvalue weighted by Crippen LogP contribution is -2.30. The predicted octanol–water partition coefficient (Wildman–Crippen LogP) is 5.67. The van der Waals surface area contributed by atoms with Gasteiger partial charge in [0.05, 0.1) is 37.8 Å². The highest BCUT2D eigenvalue weighted by Gasteiger charge is 2.23. The molecule has 4 rings (SSSR count). The van der Waals surface area contributed by atoms with E-state index >= 15 is 0 Å². The Morgan fingerprint density at radius 1 is 1.11 bits per heavy atom. The molecule has 1 saturated carbocycles. The molecule has 1 amide bonds. The van der Waals surface area contributed by atoms with Crippen molar-refractivity contribution in [2.45, 2.75) is 58.9 Å². The van der Waals surface area contributed by atoms with E-state index in [-0.39, 0.29) is 5.91 Å². The van der Waals surface area contributed by atoms with Crippen molar-refractivity contribution in [3.63, 3.8) is 0 Å². The van der Waals surface area contributed by atoms with Crippen LogP contribution in [0.1, 0.15) is 70.4 Å². The standard InChI is InChI=1S/C29H37N3O5S/c1-5-37-29(34)28-31-23(18-38-28)24-16-22(27(33)30-17-21-9-7-6-8-10-21)19(2)32(24)14-13-20-11-12-25(35-3)26(15-20)36-4/h11-12,15-16,18,21H,5-10,13-14,17H2,1-4H3,(H,30,33). The molecule has 0 radical (unpaired) electrons. The van der Waals surface area contributed by atoms with Crippen molar-refractivity contribution in [2.75, 3.05) is 27.4 Å². The summed E-state index contributed by atoms with van der Waals surface area (Å²) in [6, 6.07) is 7.77. The smallest absolute Gasteiger partial charge is 0.367 e. The summed E-state index contributed by atoms with van der Waals surface area (Å²) in [6.45, 7) is 5.35. The Balaban J connectivity index is 1.60. The summed E-state index contributed by atoms with van der Waals surface area (Å²) in [6.07, 6.45) is 6.82. The molecule has 0 unspecified atom stereocenters. The molecule has 2 heterocycles. The first-order valence-electron chi connectivity index (χ1n) is 13.3. The van der Waals surface area contributed by atoms with E-state index in [2.05, 4.69) is 14.9 Å². The zero-order chi connectivity index (χ0) is 27.1. The Morgan fingerprint density at radius 2 is 1.87 bits per heavy atom. The Morgan fingerprint density at radius 3 is 2.58 bits per heavy atom. The van der Waals surface area contributed by atoms with Crippen LogP contribution in [0.5, 0.6) is 11.5 Å². The summed E-state index contributed by atoms with van der Waals surface area (Å²) in [5.41, 5.74) is 4.04. The summed E-state index contributed by atoms with van der Waals surface area (Å²) in [4.78, 5) is 30.1. The fraction of sp³-hybridized carbons (Fsp3) is 0.483. The highest BCUT2D eigenvalue weighted by molar-refractivity contribution is 7.11. The van der Waals surface area contributed by atoms with Gasteiger partial charge in [0, 0.05) is 24.2 Å². The normalized spacial score (nSPS) is 13.8. The zero-order valence-electron chi connectivity index (χ0n) is 22.7. The largest absolute Gasteiger partial charge is 0.493 e. The number of amides is 1. The molecule has 0 saturated heterocycles. The molecule has 38 heavy (non-hydrogen) atoms. The number of thiazole rings is 1. The average Bonchev–Trinajstić information content (AvgIpc) is 3.56. The first-order chi connectivity index (χ1) is 18.4. The van der Waals surface area contributed by atoms with E-state index in [1.54, 1.807) is 21.1 Å². The average molecular weight is 540 g/mol. The molecule has 1 aromatic carbocycles. The highest BCUT2D eigenvalue weighted by atomic mass is 32.1. The first-order valence-corrected chi connectivity index (χ1v) is 14.1. The molecule has 1 fully saturated rings. The van der Waals surface area contributed by atoms with Crippen molar-refractivity contribution in [1.82, 2.24) is 14.9 Å². The van der Waals surface area contributed by atoms with Crippen LogP contribution in [-0.2, 0) is 17.7 Å². The third kappa shape index (κ3) is 6.38. The SMILES string of the molecule is CCOC(=O)c1nc(-c2cc(C(=O)NCC3CCCCC3)c(C)n2CCc2ccc(OC)c(OC)c2)cs1. The Bertz CT molecular complexity index is 1260. The minimum absolute atomic E-state index is 0.0694. The monoisotopic (exact) mass is 539 g/mol. The van der Waals surface area contributed by atoms with Crippen molar-refractivity contribution in [2.24, 2.45) is 5.92 Å². The molecule has 0 atom stereocenters. The molecule has 0 spiro atoms. The van der Waals surface area contributed by atoms with Crippen LogP contribution < -0.4 is 14.8 Å². The van der Waals surface area contributed by atoms with Gasteiger partial charge in [-0.05, 0) is 62.8 Å².